The van der Waals surface area contributed by atoms with Crippen molar-refractivity contribution in [3.63, 3.8) is 0 Å². The van der Waals surface area contributed by atoms with E-state index in [1.807, 2.05) is 19.9 Å². The van der Waals surface area contributed by atoms with Crippen LogP contribution in [0.2, 0.25) is 0 Å². The summed E-state index contributed by atoms with van der Waals surface area (Å²) in [4.78, 5) is 21.3. The summed E-state index contributed by atoms with van der Waals surface area (Å²) >= 11 is 0. The van der Waals surface area contributed by atoms with Gasteiger partial charge in [0.15, 0.2) is 0 Å². The van der Waals surface area contributed by atoms with E-state index in [-0.39, 0.29) is 11.7 Å². The molecule has 26 heavy (non-hydrogen) atoms. The van der Waals surface area contributed by atoms with Gasteiger partial charge < -0.3 is 16.0 Å². The Balaban J connectivity index is 1.51. The summed E-state index contributed by atoms with van der Waals surface area (Å²) in [6.45, 7) is 5.71. The van der Waals surface area contributed by atoms with Gasteiger partial charge in [0.05, 0.1) is 5.41 Å². The second kappa shape index (κ2) is 7.68. The lowest BCUT2D eigenvalue weighted by atomic mass is 9.95. The average molecular weight is 357 g/mol. The second-order valence-corrected chi connectivity index (χ2v) is 6.52. The monoisotopic (exact) mass is 357 g/mol. The van der Waals surface area contributed by atoms with Crippen LogP contribution in [-0.4, -0.2) is 35.5 Å². The molecule has 0 atom stereocenters. The normalized spacial score (nSPS) is 14.6. The van der Waals surface area contributed by atoms with Gasteiger partial charge in [-0.25, -0.2) is 9.37 Å². The lowest BCUT2D eigenvalue weighted by molar-refractivity contribution is -0.123. The van der Waals surface area contributed by atoms with E-state index in [9.17, 15) is 9.18 Å². The standard InChI is InChI=1S/C19H24FN5O/c1-3-21-16-12-13(2)24-18(25-16)23-11-10-22-17(26)19(8-9-19)14-4-6-15(20)7-5-14/h4-7,12H,3,8-11H2,1-2H3,(H,22,26)(H2,21,23,24,25). The number of nitrogens with one attached hydrogen (secondary N) is 3. The van der Waals surface area contributed by atoms with E-state index in [0.29, 0.717) is 19.0 Å². The van der Waals surface area contributed by atoms with Gasteiger partial charge in [-0.05, 0) is 44.4 Å². The largest absolute Gasteiger partial charge is 0.370 e. The molecule has 1 amide bonds. The van der Waals surface area contributed by atoms with E-state index in [0.717, 1.165) is 36.5 Å². The van der Waals surface area contributed by atoms with Crippen LogP contribution in [0.3, 0.4) is 0 Å². The van der Waals surface area contributed by atoms with Crippen molar-refractivity contribution in [2.24, 2.45) is 0 Å². The minimum Gasteiger partial charge on any atom is -0.370 e. The van der Waals surface area contributed by atoms with Gasteiger partial charge in [0.2, 0.25) is 11.9 Å². The highest BCUT2D eigenvalue weighted by atomic mass is 19.1. The molecule has 138 valence electrons. The van der Waals surface area contributed by atoms with Gasteiger partial charge in [-0.2, -0.15) is 4.98 Å². The van der Waals surface area contributed by atoms with Crippen molar-refractivity contribution in [2.75, 3.05) is 30.3 Å². The van der Waals surface area contributed by atoms with E-state index in [1.165, 1.54) is 12.1 Å². The van der Waals surface area contributed by atoms with Crippen LogP contribution in [-0.2, 0) is 10.2 Å². The summed E-state index contributed by atoms with van der Waals surface area (Å²) in [5, 5.41) is 9.25. The van der Waals surface area contributed by atoms with Crippen molar-refractivity contribution in [1.82, 2.24) is 15.3 Å². The van der Waals surface area contributed by atoms with E-state index in [4.69, 9.17) is 0 Å². The molecule has 0 bridgehead atoms. The molecule has 1 aromatic heterocycles. The number of carbonyl (C=O) groups is 1. The molecule has 0 aliphatic heterocycles. The Morgan fingerprint density at radius 3 is 2.54 bits per heavy atom. The molecule has 0 spiro atoms. The maximum absolute atomic E-state index is 13.1. The molecule has 1 aliphatic carbocycles. The van der Waals surface area contributed by atoms with Gasteiger partial charge in [-0.15, -0.1) is 0 Å². The first-order valence-corrected chi connectivity index (χ1v) is 8.91. The number of amides is 1. The fourth-order valence-corrected chi connectivity index (χ4v) is 2.98. The third-order valence-corrected chi connectivity index (χ3v) is 4.49. The Kier molecular flexibility index (Phi) is 5.35. The minimum atomic E-state index is -0.494. The van der Waals surface area contributed by atoms with Crippen LogP contribution >= 0.6 is 0 Å². The third kappa shape index (κ3) is 4.09. The summed E-state index contributed by atoms with van der Waals surface area (Å²) in [6, 6.07) is 8.09. The summed E-state index contributed by atoms with van der Waals surface area (Å²) < 4.78 is 13.1. The lowest BCUT2D eigenvalue weighted by Crippen LogP contribution is -2.37. The Morgan fingerprint density at radius 1 is 1.15 bits per heavy atom. The SMILES string of the molecule is CCNc1cc(C)nc(NCCNC(=O)C2(c3ccc(F)cc3)CC2)n1. The van der Waals surface area contributed by atoms with Gasteiger partial charge in [0, 0.05) is 31.4 Å². The van der Waals surface area contributed by atoms with Crippen molar-refractivity contribution < 1.29 is 9.18 Å². The Labute approximate surface area is 152 Å². The fourth-order valence-electron chi connectivity index (χ4n) is 2.98. The second-order valence-electron chi connectivity index (χ2n) is 6.52. The molecule has 0 saturated heterocycles. The van der Waals surface area contributed by atoms with Crippen LogP contribution in [0.25, 0.3) is 0 Å². The minimum absolute atomic E-state index is 0.00981. The molecule has 6 nitrogen and oxygen atoms in total. The number of rotatable bonds is 8. The molecule has 1 heterocycles. The van der Waals surface area contributed by atoms with Crippen LogP contribution in [0.15, 0.2) is 30.3 Å². The van der Waals surface area contributed by atoms with E-state index in [2.05, 4.69) is 25.9 Å². The average Bonchev–Trinajstić information content (AvgIpc) is 3.41. The van der Waals surface area contributed by atoms with Crippen molar-refractivity contribution in [1.29, 1.82) is 0 Å². The molecule has 3 rings (SSSR count). The van der Waals surface area contributed by atoms with Gasteiger partial charge in [-0.3, -0.25) is 4.79 Å². The predicted octanol–water partition coefficient (Wildman–Crippen LogP) is 2.62. The highest BCUT2D eigenvalue weighted by Gasteiger charge is 2.50. The first kappa shape index (κ1) is 18.1. The number of hydrogen-bond acceptors (Lipinski definition) is 5. The molecular weight excluding hydrogens is 333 g/mol. The molecule has 1 aromatic carbocycles. The van der Waals surface area contributed by atoms with Crippen LogP contribution in [0, 0.1) is 12.7 Å². The van der Waals surface area contributed by atoms with E-state index >= 15 is 0 Å². The molecular formula is C19H24FN5O. The molecule has 1 aliphatic rings. The predicted molar refractivity (Wildman–Crippen MR) is 99.7 cm³/mol. The van der Waals surface area contributed by atoms with Crippen LogP contribution < -0.4 is 16.0 Å². The molecule has 7 heteroatoms. The molecule has 1 fully saturated rings. The Hall–Kier alpha value is -2.70. The third-order valence-electron chi connectivity index (χ3n) is 4.49. The Morgan fingerprint density at radius 2 is 1.88 bits per heavy atom. The Bertz CT molecular complexity index is 774. The zero-order valence-electron chi connectivity index (χ0n) is 15.1. The molecule has 3 N–H and O–H groups in total. The fraction of sp³-hybridized carbons (Fsp3) is 0.421. The molecule has 0 radical (unpaired) electrons. The number of carbonyl (C=O) groups excluding carboxylic acids is 1. The van der Waals surface area contributed by atoms with Crippen LogP contribution in [0.5, 0.6) is 0 Å². The number of aryl methyl sites for hydroxylation is 1. The van der Waals surface area contributed by atoms with Gasteiger partial charge in [0.1, 0.15) is 11.6 Å². The lowest BCUT2D eigenvalue weighted by Gasteiger charge is -2.16. The summed E-state index contributed by atoms with van der Waals surface area (Å²) in [5.41, 5.74) is 1.25. The number of halogens is 1. The van der Waals surface area contributed by atoms with Crippen molar-refractivity contribution in [3.8, 4) is 0 Å². The van der Waals surface area contributed by atoms with E-state index < -0.39 is 5.41 Å². The highest BCUT2D eigenvalue weighted by molar-refractivity contribution is 5.91. The number of hydrogen-bond donors (Lipinski definition) is 3. The maximum Gasteiger partial charge on any atom is 0.230 e. The van der Waals surface area contributed by atoms with E-state index in [1.54, 1.807) is 12.1 Å². The smallest absolute Gasteiger partial charge is 0.230 e. The van der Waals surface area contributed by atoms with Crippen molar-refractivity contribution >= 4 is 17.7 Å². The van der Waals surface area contributed by atoms with Crippen molar-refractivity contribution in [3.05, 3.63) is 47.4 Å². The van der Waals surface area contributed by atoms with Gasteiger partial charge in [0.25, 0.3) is 0 Å². The topological polar surface area (TPSA) is 78.9 Å². The maximum atomic E-state index is 13.1. The molecule has 2 aromatic rings. The van der Waals surface area contributed by atoms with Gasteiger partial charge >= 0.3 is 0 Å². The van der Waals surface area contributed by atoms with Gasteiger partial charge in [-0.1, -0.05) is 12.1 Å². The zero-order valence-corrected chi connectivity index (χ0v) is 15.1. The number of nitrogens with zero attached hydrogens (tertiary/aromatic N) is 2. The van der Waals surface area contributed by atoms with Crippen molar-refractivity contribution in [2.45, 2.75) is 32.1 Å². The summed E-state index contributed by atoms with van der Waals surface area (Å²) in [5.74, 6) is 1.02. The number of aromatic nitrogens is 2. The number of anilines is 2. The molecule has 1 saturated carbocycles. The summed E-state index contributed by atoms with van der Waals surface area (Å²) in [7, 11) is 0. The zero-order chi connectivity index (χ0) is 18.6. The quantitative estimate of drug-likeness (QED) is 0.633. The van der Waals surface area contributed by atoms with Crippen LogP contribution in [0.1, 0.15) is 31.0 Å². The first-order chi connectivity index (χ1) is 12.5. The highest BCUT2D eigenvalue weighted by Crippen LogP contribution is 2.48. The summed E-state index contributed by atoms with van der Waals surface area (Å²) in [6.07, 6.45) is 1.59. The molecule has 0 unspecified atom stereocenters. The van der Waals surface area contributed by atoms with Crippen LogP contribution in [0.4, 0.5) is 16.2 Å². The first-order valence-electron chi connectivity index (χ1n) is 8.91. The number of benzene rings is 1.